The number of nitrogens with zero attached hydrogens (tertiary/aromatic N) is 3. The van der Waals surface area contributed by atoms with Crippen molar-refractivity contribution < 1.29 is 0 Å². The molecule has 0 N–H and O–H groups in total. The largest absolute Gasteiger partial charge is 0.238 e. The molecule has 2 aromatic rings. The molecular formula is C12H14ClN3. The van der Waals surface area contributed by atoms with Gasteiger partial charge in [-0.15, -0.1) is 23.3 Å². The third-order valence-corrected chi connectivity index (χ3v) is 2.86. The summed E-state index contributed by atoms with van der Waals surface area (Å²) >= 11 is 5.70. The minimum Gasteiger partial charge on any atom is -0.238 e. The van der Waals surface area contributed by atoms with Crippen LogP contribution in [0.3, 0.4) is 0 Å². The number of alkyl halides is 1. The summed E-state index contributed by atoms with van der Waals surface area (Å²) in [6.45, 7) is 3.85. The van der Waals surface area contributed by atoms with Crippen molar-refractivity contribution in [2.75, 3.05) is 5.88 Å². The summed E-state index contributed by atoms with van der Waals surface area (Å²) in [5.74, 6) is 0.664. The first-order valence-electron chi connectivity index (χ1n) is 5.35. The molecule has 0 fully saturated rings. The van der Waals surface area contributed by atoms with E-state index >= 15 is 0 Å². The number of hydrogen-bond acceptors (Lipinski definition) is 2. The molecule has 0 saturated carbocycles. The molecule has 84 valence electrons. The SMILES string of the molecule is C=CC(CCCCl)n1nnc2ccccc21. The first kappa shape index (κ1) is 11.1. The van der Waals surface area contributed by atoms with E-state index in [1.807, 2.05) is 35.0 Å². The quantitative estimate of drug-likeness (QED) is 0.589. The average Bonchev–Trinajstić information content (AvgIpc) is 2.75. The average molecular weight is 236 g/mol. The van der Waals surface area contributed by atoms with Crippen molar-refractivity contribution in [3.63, 3.8) is 0 Å². The predicted molar refractivity (Wildman–Crippen MR) is 66.7 cm³/mol. The number of allylic oxidation sites excluding steroid dienone is 1. The Balaban J connectivity index is 2.33. The molecule has 0 aliphatic heterocycles. The van der Waals surface area contributed by atoms with Crippen LogP contribution < -0.4 is 0 Å². The normalized spacial score (nSPS) is 12.8. The van der Waals surface area contributed by atoms with E-state index in [0.29, 0.717) is 5.88 Å². The van der Waals surface area contributed by atoms with Gasteiger partial charge in [0, 0.05) is 5.88 Å². The summed E-state index contributed by atoms with van der Waals surface area (Å²) in [7, 11) is 0. The lowest BCUT2D eigenvalue weighted by atomic mass is 10.1. The molecule has 1 aromatic heterocycles. The second-order valence-corrected chi connectivity index (χ2v) is 4.03. The molecule has 0 bridgehead atoms. The minimum absolute atomic E-state index is 0.172. The van der Waals surface area contributed by atoms with Gasteiger partial charge in [0.15, 0.2) is 0 Å². The fourth-order valence-electron chi connectivity index (χ4n) is 1.76. The zero-order valence-corrected chi connectivity index (χ0v) is 9.77. The second-order valence-electron chi connectivity index (χ2n) is 3.66. The molecule has 2 rings (SSSR count). The van der Waals surface area contributed by atoms with Gasteiger partial charge in [-0.05, 0) is 25.0 Å². The zero-order valence-electron chi connectivity index (χ0n) is 9.01. The van der Waals surface area contributed by atoms with E-state index in [2.05, 4.69) is 16.9 Å². The number of halogens is 1. The van der Waals surface area contributed by atoms with Gasteiger partial charge in [-0.3, -0.25) is 0 Å². The van der Waals surface area contributed by atoms with Gasteiger partial charge in [0.25, 0.3) is 0 Å². The van der Waals surface area contributed by atoms with Gasteiger partial charge in [-0.2, -0.15) is 0 Å². The van der Waals surface area contributed by atoms with Crippen LogP contribution in [0.15, 0.2) is 36.9 Å². The monoisotopic (exact) mass is 235 g/mol. The Morgan fingerprint density at radius 1 is 1.44 bits per heavy atom. The minimum atomic E-state index is 0.172. The number of rotatable bonds is 5. The maximum absolute atomic E-state index is 5.70. The maximum Gasteiger partial charge on any atom is 0.113 e. The Kier molecular flexibility index (Phi) is 3.57. The fraction of sp³-hybridized carbons (Fsp3) is 0.333. The van der Waals surface area contributed by atoms with Crippen molar-refractivity contribution in [3.8, 4) is 0 Å². The maximum atomic E-state index is 5.70. The summed E-state index contributed by atoms with van der Waals surface area (Å²) in [5.41, 5.74) is 1.96. The van der Waals surface area contributed by atoms with E-state index in [0.717, 1.165) is 23.9 Å². The van der Waals surface area contributed by atoms with Crippen molar-refractivity contribution in [3.05, 3.63) is 36.9 Å². The lowest BCUT2D eigenvalue weighted by Crippen LogP contribution is -2.08. The first-order valence-corrected chi connectivity index (χ1v) is 5.88. The molecule has 3 nitrogen and oxygen atoms in total. The van der Waals surface area contributed by atoms with E-state index in [4.69, 9.17) is 11.6 Å². The summed E-state index contributed by atoms with van der Waals surface area (Å²) in [5, 5.41) is 8.30. The van der Waals surface area contributed by atoms with Crippen LogP contribution in [-0.4, -0.2) is 20.9 Å². The highest BCUT2D eigenvalue weighted by molar-refractivity contribution is 6.17. The van der Waals surface area contributed by atoms with E-state index in [1.165, 1.54) is 0 Å². The number of aromatic nitrogens is 3. The Labute approximate surface area is 99.7 Å². The highest BCUT2D eigenvalue weighted by Gasteiger charge is 2.11. The van der Waals surface area contributed by atoms with Crippen LogP contribution in [0.2, 0.25) is 0 Å². The van der Waals surface area contributed by atoms with Crippen molar-refractivity contribution in [2.45, 2.75) is 18.9 Å². The molecule has 1 atom stereocenters. The summed E-state index contributed by atoms with van der Waals surface area (Å²) < 4.78 is 1.91. The van der Waals surface area contributed by atoms with Crippen LogP contribution in [0.1, 0.15) is 18.9 Å². The van der Waals surface area contributed by atoms with E-state index < -0.39 is 0 Å². The van der Waals surface area contributed by atoms with E-state index in [-0.39, 0.29) is 6.04 Å². The number of fused-ring (bicyclic) bond motifs is 1. The predicted octanol–water partition coefficient (Wildman–Crippen LogP) is 3.18. The molecule has 0 aliphatic rings. The van der Waals surface area contributed by atoms with Crippen molar-refractivity contribution >= 4 is 22.6 Å². The van der Waals surface area contributed by atoms with Gasteiger partial charge in [0.05, 0.1) is 11.6 Å². The molecule has 16 heavy (non-hydrogen) atoms. The zero-order chi connectivity index (χ0) is 11.4. The lowest BCUT2D eigenvalue weighted by molar-refractivity contribution is 0.499. The molecular weight excluding hydrogens is 222 g/mol. The third-order valence-electron chi connectivity index (χ3n) is 2.60. The van der Waals surface area contributed by atoms with Crippen molar-refractivity contribution in [2.24, 2.45) is 0 Å². The summed E-state index contributed by atoms with van der Waals surface area (Å²) in [6.07, 6.45) is 3.79. The van der Waals surface area contributed by atoms with Crippen LogP contribution >= 0.6 is 11.6 Å². The molecule has 0 radical (unpaired) electrons. The van der Waals surface area contributed by atoms with Gasteiger partial charge in [0.2, 0.25) is 0 Å². The second kappa shape index (κ2) is 5.12. The highest BCUT2D eigenvalue weighted by Crippen LogP contribution is 2.20. The molecule has 4 heteroatoms. The summed E-state index contributed by atoms with van der Waals surface area (Å²) in [6, 6.07) is 8.10. The number of para-hydroxylation sites is 1. The van der Waals surface area contributed by atoms with Gasteiger partial charge in [0.1, 0.15) is 5.52 Å². The Bertz CT molecular complexity index is 478. The molecule has 1 aromatic carbocycles. The van der Waals surface area contributed by atoms with E-state index in [9.17, 15) is 0 Å². The van der Waals surface area contributed by atoms with E-state index in [1.54, 1.807) is 0 Å². The lowest BCUT2D eigenvalue weighted by Gasteiger charge is -2.12. The van der Waals surface area contributed by atoms with Gasteiger partial charge < -0.3 is 0 Å². The van der Waals surface area contributed by atoms with Crippen LogP contribution in [0.5, 0.6) is 0 Å². The Morgan fingerprint density at radius 3 is 3.00 bits per heavy atom. The van der Waals surface area contributed by atoms with Crippen LogP contribution in [-0.2, 0) is 0 Å². The fourth-order valence-corrected chi connectivity index (χ4v) is 1.91. The third kappa shape index (κ3) is 2.09. The van der Waals surface area contributed by atoms with Gasteiger partial charge >= 0.3 is 0 Å². The van der Waals surface area contributed by atoms with Gasteiger partial charge in [-0.1, -0.05) is 23.4 Å². The number of benzene rings is 1. The Hall–Kier alpha value is -1.35. The molecule has 0 spiro atoms. The molecule has 0 aliphatic carbocycles. The Morgan fingerprint density at radius 2 is 2.25 bits per heavy atom. The van der Waals surface area contributed by atoms with Crippen molar-refractivity contribution in [1.29, 1.82) is 0 Å². The van der Waals surface area contributed by atoms with Crippen LogP contribution in [0, 0.1) is 0 Å². The smallest absolute Gasteiger partial charge is 0.113 e. The van der Waals surface area contributed by atoms with Gasteiger partial charge in [-0.25, -0.2) is 4.68 Å². The topological polar surface area (TPSA) is 30.7 Å². The molecule has 0 saturated heterocycles. The summed E-state index contributed by atoms with van der Waals surface area (Å²) in [4.78, 5) is 0. The molecule has 0 amide bonds. The molecule has 1 unspecified atom stereocenters. The van der Waals surface area contributed by atoms with Crippen molar-refractivity contribution in [1.82, 2.24) is 15.0 Å². The molecule has 1 heterocycles. The highest BCUT2D eigenvalue weighted by atomic mass is 35.5. The standard InChI is InChI=1S/C12H14ClN3/c1-2-10(6-5-9-13)16-12-8-4-3-7-11(12)14-15-16/h2-4,7-8,10H,1,5-6,9H2. The first-order chi connectivity index (χ1) is 7.86. The van der Waals surface area contributed by atoms with Crippen LogP contribution in [0.4, 0.5) is 0 Å². The number of hydrogen-bond donors (Lipinski definition) is 0. The van der Waals surface area contributed by atoms with Crippen LogP contribution in [0.25, 0.3) is 11.0 Å².